The molecule has 2 rings (SSSR count). The van der Waals surface area contributed by atoms with E-state index in [9.17, 15) is 18.0 Å². The maximum absolute atomic E-state index is 12.6. The molecule has 0 bridgehead atoms. The summed E-state index contributed by atoms with van der Waals surface area (Å²) in [6.45, 7) is 0. The highest BCUT2D eigenvalue weighted by Crippen LogP contribution is 2.30. The normalized spacial score (nSPS) is 17.1. The predicted molar refractivity (Wildman–Crippen MR) is 71.3 cm³/mol. The van der Waals surface area contributed by atoms with E-state index in [1.807, 2.05) is 0 Å². The van der Waals surface area contributed by atoms with Crippen LogP contribution in [0.1, 0.15) is 49.7 Å². The maximum Gasteiger partial charge on any atom is 0.416 e. The van der Waals surface area contributed by atoms with E-state index in [0.717, 1.165) is 25.0 Å². The number of carbonyl (C=O) groups excluding carboxylic acids is 1. The summed E-state index contributed by atoms with van der Waals surface area (Å²) in [6, 6.07) is 5.08. The summed E-state index contributed by atoms with van der Waals surface area (Å²) < 4.78 is 37.8. The van der Waals surface area contributed by atoms with Crippen molar-refractivity contribution in [1.29, 1.82) is 0 Å². The second-order valence-electron chi connectivity index (χ2n) is 5.62. The van der Waals surface area contributed by atoms with Crippen LogP contribution in [0.2, 0.25) is 0 Å². The molecule has 1 aliphatic carbocycles. The molecule has 0 aliphatic heterocycles. The van der Waals surface area contributed by atoms with Gasteiger partial charge in [-0.15, -0.1) is 0 Å². The van der Waals surface area contributed by atoms with E-state index in [0.29, 0.717) is 17.9 Å². The van der Waals surface area contributed by atoms with E-state index in [2.05, 4.69) is 0 Å². The van der Waals surface area contributed by atoms with E-state index in [4.69, 9.17) is 0 Å². The summed E-state index contributed by atoms with van der Waals surface area (Å²) in [6.07, 6.45) is 2.00. The van der Waals surface area contributed by atoms with Crippen LogP contribution in [0.25, 0.3) is 0 Å². The van der Waals surface area contributed by atoms with Gasteiger partial charge in [0.2, 0.25) is 0 Å². The van der Waals surface area contributed by atoms with Crippen LogP contribution in [0.3, 0.4) is 0 Å². The van der Waals surface area contributed by atoms with Gasteiger partial charge >= 0.3 is 6.18 Å². The minimum atomic E-state index is -4.34. The van der Waals surface area contributed by atoms with Crippen molar-refractivity contribution in [1.82, 2.24) is 0 Å². The Morgan fingerprint density at radius 1 is 1.15 bits per heavy atom. The van der Waals surface area contributed by atoms with Gasteiger partial charge in [0.05, 0.1) is 5.56 Å². The van der Waals surface area contributed by atoms with Crippen molar-refractivity contribution < 1.29 is 18.0 Å². The molecule has 1 fully saturated rings. The van der Waals surface area contributed by atoms with Gasteiger partial charge in [0, 0.05) is 12.8 Å². The molecule has 110 valence electrons. The third-order valence-electron chi connectivity index (χ3n) is 3.90. The fraction of sp³-hybridized carbons (Fsp3) is 0.562. The van der Waals surface area contributed by atoms with Crippen LogP contribution < -0.4 is 0 Å². The number of ketones is 1. The van der Waals surface area contributed by atoms with Crippen molar-refractivity contribution in [3.63, 3.8) is 0 Å². The van der Waals surface area contributed by atoms with Crippen LogP contribution in [0.4, 0.5) is 13.2 Å². The van der Waals surface area contributed by atoms with Crippen molar-refractivity contribution in [2.45, 2.75) is 51.1 Å². The predicted octanol–water partition coefficient (Wildman–Crippen LogP) is 4.79. The van der Waals surface area contributed by atoms with Crippen molar-refractivity contribution in [3.8, 4) is 0 Å². The molecule has 0 saturated heterocycles. The number of hydrogen-bond acceptors (Lipinski definition) is 1. The monoisotopic (exact) mass is 284 g/mol. The zero-order chi connectivity index (χ0) is 14.6. The quantitative estimate of drug-likeness (QED) is 0.777. The number of benzene rings is 1. The van der Waals surface area contributed by atoms with Crippen LogP contribution >= 0.6 is 0 Å². The van der Waals surface area contributed by atoms with Crippen LogP contribution in [0.15, 0.2) is 24.3 Å². The molecule has 0 radical (unpaired) electrons. The Morgan fingerprint density at radius 3 is 2.50 bits per heavy atom. The molecular weight excluding hydrogens is 265 g/mol. The van der Waals surface area contributed by atoms with E-state index in [1.54, 1.807) is 6.07 Å². The first-order valence-electron chi connectivity index (χ1n) is 7.13. The molecule has 20 heavy (non-hydrogen) atoms. The number of rotatable bonds is 4. The first kappa shape index (κ1) is 15.1. The first-order valence-corrected chi connectivity index (χ1v) is 7.13. The lowest BCUT2D eigenvalue weighted by atomic mass is 9.85. The maximum atomic E-state index is 12.6. The smallest absolute Gasteiger partial charge is 0.299 e. The van der Waals surface area contributed by atoms with E-state index in [1.165, 1.54) is 25.3 Å². The van der Waals surface area contributed by atoms with Gasteiger partial charge in [-0.1, -0.05) is 50.3 Å². The Hall–Kier alpha value is -1.32. The largest absolute Gasteiger partial charge is 0.416 e. The Morgan fingerprint density at radius 2 is 1.85 bits per heavy atom. The van der Waals surface area contributed by atoms with Crippen LogP contribution in [-0.4, -0.2) is 5.78 Å². The Labute approximate surface area is 117 Å². The zero-order valence-corrected chi connectivity index (χ0v) is 11.4. The summed E-state index contributed by atoms with van der Waals surface area (Å²) in [5.74, 6) is 0.485. The third-order valence-corrected chi connectivity index (χ3v) is 3.90. The zero-order valence-electron chi connectivity index (χ0n) is 11.4. The molecule has 1 nitrogen and oxygen atoms in total. The molecule has 1 saturated carbocycles. The molecule has 4 heteroatoms. The Kier molecular flexibility index (Phi) is 4.84. The molecule has 0 amide bonds. The van der Waals surface area contributed by atoms with Crippen molar-refractivity contribution in [3.05, 3.63) is 35.4 Å². The minimum absolute atomic E-state index is 0.0521. The van der Waals surface area contributed by atoms with Gasteiger partial charge in [-0.3, -0.25) is 4.79 Å². The molecule has 0 N–H and O–H groups in total. The van der Waals surface area contributed by atoms with Crippen molar-refractivity contribution in [2.24, 2.45) is 5.92 Å². The molecule has 1 aromatic carbocycles. The fourth-order valence-corrected chi connectivity index (χ4v) is 2.87. The number of halogens is 3. The van der Waals surface area contributed by atoms with Gasteiger partial charge in [-0.05, 0) is 17.5 Å². The minimum Gasteiger partial charge on any atom is -0.299 e. The average Bonchev–Trinajstić information content (AvgIpc) is 2.39. The van der Waals surface area contributed by atoms with Gasteiger partial charge in [-0.2, -0.15) is 13.2 Å². The number of hydrogen-bond donors (Lipinski definition) is 0. The van der Waals surface area contributed by atoms with Gasteiger partial charge in [-0.25, -0.2) is 0 Å². The lowest BCUT2D eigenvalue weighted by Gasteiger charge is -2.20. The SMILES string of the molecule is O=C(Cc1cccc(C(F)(F)F)c1)CC1CCCCC1. The molecule has 0 unspecified atom stereocenters. The van der Waals surface area contributed by atoms with E-state index in [-0.39, 0.29) is 12.2 Å². The lowest BCUT2D eigenvalue weighted by molar-refractivity contribution is -0.137. The summed E-state index contributed by atoms with van der Waals surface area (Å²) in [5, 5.41) is 0. The Bertz CT molecular complexity index is 459. The first-order chi connectivity index (χ1) is 9.45. The van der Waals surface area contributed by atoms with Gasteiger partial charge in [0.25, 0.3) is 0 Å². The van der Waals surface area contributed by atoms with E-state index >= 15 is 0 Å². The lowest BCUT2D eigenvalue weighted by Crippen LogP contribution is -2.14. The summed E-state index contributed by atoms with van der Waals surface area (Å²) in [4.78, 5) is 12.0. The van der Waals surface area contributed by atoms with Gasteiger partial charge in [0.1, 0.15) is 5.78 Å². The number of Topliss-reactive ketones (excluding diaryl/α,β-unsaturated/α-hetero) is 1. The molecule has 1 aliphatic rings. The molecule has 0 heterocycles. The average molecular weight is 284 g/mol. The highest BCUT2D eigenvalue weighted by atomic mass is 19.4. The number of alkyl halides is 3. The molecule has 0 spiro atoms. The van der Waals surface area contributed by atoms with Crippen molar-refractivity contribution in [2.75, 3.05) is 0 Å². The highest BCUT2D eigenvalue weighted by Gasteiger charge is 2.30. The summed E-state index contributed by atoms with van der Waals surface area (Å²) in [7, 11) is 0. The molecule has 0 atom stereocenters. The van der Waals surface area contributed by atoms with E-state index < -0.39 is 11.7 Å². The van der Waals surface area contributed by atoms with Gasteiger partial charge in [0.15, 0.2) is 0 Å². The highest BCUT2D eigenvalue weighted by molar-refractivity contribution is 5.81. The fourth-order valence-electron chi connectivity index (χ4n) is 2.87. The van der Waals surface area contributed by atoms with Crippen LogP contribution in [0, 0.1) is 5.92 Å². The molecule has 1 aromatic rings. The summed E-state index contributed by atoms with van der Waals surface area (Å²) >= 11 is 0. The second kappa shape index (κ2) is 6.42. The molecular formula is C16H19F3O. The molecule has 0 aromatic heterocycles. The van der Waals surface area contributed by atoms with Crippen molar-refractivity contribution >= 4 is 5.78 Å². The second-order valence-corrected chi connectivity index (χ2v) is 5.62. The third kappa shape index (κ3) is 4.36. The van der Waals surface area contributed by atoms with Gasteiger partial charge < -0.3 is 0 Å². The van der Waals surface area contributed by atoms with Crippen LogP contribution in [-0.2, 0) is 17.4 Å². The summed E-state index contributed by atoms with van der Waals surface area (Å²) in [5.41, 5.74) is -0.221. The standard InChI is InChI=1S/C16H19F3O/c17-16(18,19)14-8-4-7-13(9-14)11-15(20)10-12-5-2-1-3-6-12/h4,7-9,12H,1-3,5-6,10-11H2. The van der Waals surface area contributed by atoms with Crippen LogP contribution in [0.5, 0.6) is 0 Å². The number of carbonyl (C=O) groups is 1. The Balaban J connectivity index is 1.93. The topological polar surface area (TPSA) is 17.1 Å².